The fraction of sp³-hybridized carbons (Fsp3) is 0.250. The summed E-state index contributed by atoms with van der Waals surface area (Å²) in [5.74, 6) is 0.106. The Morgan fingerprint density at radius 3 is 1.43 bits per heavy atom. The Bertz CT molecular complexity index is 958. The lowest BCUT2D eigenvalue weighted by Crippen LogP contribution is -2.34. The van der Waals surface area contributed by atoms with Crippen molar-refractivity contribution in [2.24, 2.45) is 0 Å². The summed E-state index contributed by atoms with van der Waals surface area (Å²) in [6.07, 6.45) is 2.42. The Morgan fingerprint density at radius 2 is 1.03 bits per heavy atom. The minimum Gasteiger partial charge on any atom is -0.475 e. The van der Waals surface area contributed by atoms with Crippen LogP contribution in [0, 0.1) is 0 Å². The highest BCUT2D eigenvalue weighted by Gasteiger charge is 2.43. The molecule has 2 unspecified atom stereocenters. The molecule has 152 valence electrons. The molecule has 2 aliphatic heterocycles. The van der Waals surface area contributed by atoms with Gasteiger partial charge < -0.3 is 9.47 Å². The molecule has 30 heavy (non-hydrogen) atoms. The lowest BCUT2D eigenvalue weighted by atomic mass is 9.86. The van der Waals surface area contributed by atoms with Crippen molar-refractivity contribution < 1.29 is 19.1 Å². The molecule has 0 aromatic heterocycles. The van der Waals surface area contributed by atoms with Gasteiger partial charge in [-0.15, -0.1) is 0 Å². The molecule has 2 atom stereocenters. The number of thioether (sulfide) groups is 2. The zero-order chi connectivity index (χ0) is 20.5. The molecule has 6 heteroatoms. The summed E-state index contributed by atoms with van der Waals surface area (Å²) in [7, 11) is 0. The molecule has 2 aromatic carbocycles. The largest absolute Gasteiger partial charge is 0.475 e. The van der Waals surface area contributed by atoms with Crippen molar-refractivity contribution in [3.63, 3.8) is 0 Å². The molecular weight excluding hydrogens is 416 g/mol. The second kappa shape index (κ2) is 8.36. The predicted octanol–water partition coefficient (Wildman–Crippen LogP) is 5.50. The second-order valence-electron chi connectivity index (χ2n) is 7.31. The van der Waals surface area contributed by atoms with E-state index in [1.807, 2.05) is 60.7 Å². The number of benzene rings is 2. The van der Waals surface area contributed by atoms with Gasteiger partial charge in [-0.25, -0.2) is 0 Å². The third-order valence-corrected chi connectivity index (χ3v) is 7.57. The van der Waals surface area contributed by atoms with Crippen LogP contribution in [-0.2, 0) is 19.1 Å². The van der Waals surface area contributed by atoms with Crippen molar-refractivity contribution in [1.82, 2.24) is 0 Å². The van der Waals surface area contributed by atoms with Crippen LogP contribution >= 0.6 is 23.5 Å². The summed E-state index contributed by atoms with van der Waals surface area (Å²) in [5.41, 5.74) is 0.593. The van der Waals surface area contributed by atoms with Crippen molar-refractivity contribution in [3.05, 3.63) is 83.3 Å². The maximum absolute atomic E-state index is 13.1. The Labute approximate surface area is 183 Å². The molecule has 2 aromatic rings. The number of rotatable bonds is 4. The smallest absolute Gasteiger partial charge is 0.227 e. The number of allylic oxidation sites excluding steroid dienone is 2. The average Bonchev–Trinajstić information content (AvgIpc) is 2.79. The molecule has 3 aliphatic rings. The molecule has 0 radical (unpaired) electrons. The van der Waals surface area contributed by atoms with E-state index >= 15 is 0 Å². The van der Waals surface area contributed by atoms with Crippen molar-refractivity contribution in [3.8, 4) is 0 Å². The Hall–Kier alpha value is -2.44. The molecule has 0 spiro atoms. The van der Waals surface area contributed by atoms with Crippen LogP contribution in [0.15, 0.2) is 93.1 Å². The minimum absolute atomic E-state index is 0.170. The first-order valence-corrected chi connectivity index (χ1v) is 11.8. The number of hydrogen-bond acceptors (Lipinski definition) is 6. The molecule has 0 N–H and O–H groups in total. The molecule has 4 nitrogen and oxygen atoms in total. The SMILES string of the molecule is O=C1C2=C(OC(Sc3ccccc3)CC2)C(=O)C2=C1OC(Sc1ccccc1)CC2. The zero-order valence-electron chi connectivity index (χ0n) is 16.2. The van der Waals surface area contributed by atoms with Crippen molar-refractivity contribution >= 4 is 35.1 Å². The summed E-state index contributed by atoms with van der Waals surface area (Å²) in [6, 6.07) is 19.9. The summed E-state index contributed by atoms with van der Waals surface area (Å²) in [6.45, 7) is 0. The van der Waals surface area contributed by atoms with Crippen LogP contribution in [0.4, 0.5) is 0 Å². The fourth-order valence-electron chi connectivity index (χ4n) is 3.83. The molecule has 1 aliphatic carbocycles. The molecule has 0 saturated carbocycles. The molecule has 0 saturated heterocycles. The van der Waals surface area contributed by atoms with Crippen LogP contribution in [0.3, 0.4) is 0 Å². The Kier molecular flexibility index (Phi) is 5.44. The van der Waals surface area contributed by atoms with E-state index in [1.54, 1.807) is 23.5 Å². The minimum atomic E-state index is -0.180. The fourth-order valence-corrected chi connectivity index (χ4v) is 5.83. The number of ether oxygens (including phenoxy) is 2. The van der Waals surface area contributed by atoms with Crippen LogP contribution < -0.4 is 0 Å². The first kappa shape index (κ1) is 19.5. The Balaban J connectivity index is 1.32. The number of Topliss-reactive ketones (excluding diaryl/α,β-unsaturated/α-hetero) is 2. The van der Waals surface area contributed by atoms with Gasteiger partial charge in [-0.05, 0) is 49.9 Å². The highest BCUT2D eigenvalue weighted by Crippen LogP contribution is 2.43. The number of ketones is 2. The van der Waals surface area contributed by atoms with Gasteiger partial charge in [0.25, 0.3) is 0 Å². The quantitative estimate of drug-likeness (QED) is 0.590. The van der Waals surface area contributed by atoms with Gasteiger partial charge >= 0.3 is 0 Å². The molecule has 2 heterocycles. The Morgan fingerprint density at radius 1 is 0.633 bits per heavy atom. The summed E-state index contributed by atoms with van der Waals surface area (Å²) < 4.78 is 12.1. The molecule has 0 bridgehead atoms. The van der Waals surface area contributed by atoms with Crippen LogP contribution in [-0.4, -0.2) is 22.4 Å². The van der Waals surface area contributed by atoms with E-state index in [0.717, 1.165) is 9.79 Å². The van der Waals surface area contributed by atoms with Crippen LogP contribution in [0.2, 0.25) is 0 Å². The monoisotopic (exact) mass is 436 g/mol. The van der Waals surface area contributed by atoms with Crippen molar-refractivity contribution in [2.75, 3.05) is 0 Å². The van der Waals surface area contributed by atoms with Gasteiger partial charge in [-0.2, -0.15) is 0 Å². The van der Waals surface area contributed by atoms with Crippen molar-refractivity contribution in [2.45, 2.75) is 46.3 Å². The third-order valence-electron chi connectivity index (χ3n) is 5.29. The van der Waals surface area contributed by atoms with Gasteiger partial charge in [0.05, 0.1) is 0 Å². The van der Waals surface area contributed by atoms with E-state index in [1.165, 1.54) is 0 Å². The van der Waals surface area contributed by atoms with Gasteiger partial charge in [0.1, 0.15) is 10.9 Å². The number of carbonyl (C=O) groups is 2. The molecule has 0 amide bonds. The standard InChI is InChI=1S/C24H20O4S2/c25-21-18-12-14-20(30-16-9-5-2-6-10-16)28-24(18)22(26)17-11-13-19(27-23(17)21)29-15-7-3-1-4-8-15/h1-10,19-20H,11-14H2. The zero-order valence-corrected chi connectivity index (χ0v) is 17.8. The maximum Gasteiger partial charge on any atom is 0.227 e. The maximum atomic E-state index is 13.1. The van der Waals surface area contributed by atoms with Gasteiger partial charge in [0, 0.05) is 20.9 Å². The number of hydrogen-bond donors (Lipinski definition) is 0. The lowest BCUT2D eigenvalue weighted by molar-refractivity contribution is -0.123. The summed E-state index contributed by atoms with van der Waals surface area (Å²) >= 11 is 3.17. The van der Waals surface area contributed by atoms with E-state index in [0.29, 0.717) is 36.8 Å². The van der Waals surface area contributed by atoms with E-state index in [-0.39, 0.29) is 34.0 Å². The average molecular weight is 437 g/mol. The van der Waals surface area contributed by atoms with Crippen LogP contribution in [0.1, 0.15) is 25.7 Å². The van der Waals surface area contributed by atoms with Gasteiger partial charge in [0.15, 0.2) is 11.5 Å². The highest BCUT2D eigenvalue weighted by molar-refractivity contribution is 8.00. The topological polar surface area (TPSA) is 52.6 Å². The molecule has 5 rings (SSSR count). The molecular formula is C24H20O4S2. The summed E-state index contributed by atoms with van der Waals surface area (Å²) in [5, 5.41) is 0. The predicted molar refractivity (Wildman–Crippen MR) is 117 cm³/mol. The van der Waals surface area contributed by atoms with Gasteiger partial charge in [-0.1, -0.05) is 59.9 Å². The number of carbonyl (C=O) groups excluding carboxylic acids is 2. The van der Waals surface area contributed by atoms with Gasteiger partial charge in [0.2, 0.25) is 11.6 Å². The van der Waals surface area contributed by atoms with Crippen LogP contribution in [0.5, 0.6) is 0 Å². The second-order valence-corrected chi connectivity index (χ2v) is 9.77. The van der Waals surface area contributed by atoms with Crippen molar-refractivity contribution in [1.29, 1.82) is 0 Å². The first-order valence-electron chi connectivity index (χ1n) is 10.0. The lowest BCUT2D eigenvalue weighted by Gasteiger charge is -2.34. The van der Waals surface area contributed by atoms with E-state index in [2.05, 4.69) is 0 Å². The first-order chi connectivity index (χ1) is 14.7. The highest BCUT2D eigenvalue weighted by atomic mass is 32.2. The van der Waals surface area contributed by atoms with E-state index < -0.39 is 0 Å². The van der Waals surface area contributed by atoms with E-state index in [9.17, 15) is 9.59 Å². The van der Waals surface area contributed by atoms with Crippen LogP contribution in [0.25, 0.3) is 0 Å². The summed E-state index contributed by atoms with van der Waals surface area (Å²) in [4.78, 5) is 28.4. The van der Waals surface area contributed by atoms with E-state index in [4.69, 9.17) is 9.47 Å². The van der Waals surface area contributed by atoms with Gasteiger partial charge in [-0.3, -0.25) is 9.59 Å². The third kappa shape index (κ3) is 3.82. The normalized spacial score (nSPS) is 23.5. The molecule has 0 fully saturated rings.